The van der Waals surface area contributed by atoms with Crippen LogP contribution in [-0.4, -0.2) is 30.9 Å². The van der Waals surface area contributed by atoms with Crippen LogP contribution in [0.2, 0.25) is 0 Å². The first-order chi connectivity index (χ1) is 13.8. The van der Waals surface area contributed by atoms with Crippen LogP contribution >= 0.6 is 0 Å². The SMILES string of the molecule is NC(=O)c1ccc(-c2cccc(N(c3ccc(C(=O)O)c(O)c3)S(=O)[O-])c2)cc1. The Bertz CT molecular complexity index is 1110. The van der Waals surface area contributed by atoms with Gasteiger partial charge < -0.3 is 20.5 Å². The number of rotatable bonds is 6. The molecule has 3 rings (SSSR count). The molecule has 1 amide bonds. The second-order valence-electron chi connectivity index (χ2n) is 6.01. The molecule has 0 aliphatic heterocycles. The number of aromatic hydroxyl groups is 1. The monoisotopic (exact) mass is 411 g/mol. The predicted molar refractivity (Wildman–Crippen MR) is 107 cm³/mol. The molecule has 8 nitrogen and oxygen atoms in total. The highest BCUT2D eigenvalue weighted by molar-refractivity contribution is 7.81. The maximum Gasteiger partial charge on any atom is 0.339 e. The smallest absolute Gasteiger partial charge is 0.339 e. The van der Waals surface area contributed by atoms with Gasteiger partial charge in [-0.3, -0.25) is 13.3 Å². The average Bonchev–Trinajstić information content (AvgIpc) is 2.68. The number of phenols is 1. The van der Waals surface area contributed by atoms with Crippen molar-refractivity contribution in [3.05, 3.63) is 77.9 Å². The standard InChI is InChI=1S/C20H16N2O6S/c21-19(24)13-6-4-12(5-7-13)14-2-1-3-15(10-14)22(29(27)28)16-8-9-17(20(25)26)18(23)11-16/h1-11,23H,(H2,21,24)(H,25,26)(H,27,28)/p-1. The zero-order valence-electron chi connectivity index (χ0n) is 14.8. The molecule has 0 spiro atoms. The minimum atomic E-state index is -2.74. The largest absolute Gasteiger partial charge is 0.755 e. The fraction of sp³-hybridized carbons (Fsp3) is 0. The summed E-state index contributed by atoms with van der Waals surface area (Å²) in [5.41, 5.74) is 7.00. The van der Waals surface area contributed by atoms with E-state index in [0.717, 1.165) is 22.0 Å². The Morgan fingerprint density at radius 3 is 2.14 bits per heavy atom. The van der Waals surface area contributed by atoms with Crippen molar-refractivity contribution in [1.82, 2.24) is 0 Å². The lowest BCUT2D eigenvalue weighted by molar-refractivity contribution is 0.0693. The summed E-state index contributed by atoms with van der Waals surface area (Å²) in [5.74, 6) is -2.43. The van der Waals surface area contributed by atoms with Gasteiger partial charge in [-0.15, -0.1) is 0 Å². The van der Waals surface area contributed by atoms with Crippen LogP contribution in [0.3, 0.4) is 0 Å². The number of nitrogens with zero attached hydrogens (tertiary/aromatic N) is 1. The molecule has 1 atom stereocenters. The molecular formula is C20H15N2O6S-. The Kier molecular flexibility index (Phi) is 5.62. The quantitative estimate of drug-likeness (QED) is 0.532. The highest BCUT2D eigenvalue weighted by Gasteiger charge is 2.16. The van der Waals surface area contributed by atoms with E-state index in [1.54, 1.807) is 48.5 Å². The highest BCUT2D eigenvalue weighted by atomic mass is 32.2. The van der Waals surface area contributed by atoms with Crippen molar-refractivity contribution in [3.8, 4) is 16.9 Å². The molecule has 1 unspecified atom stereocenters. The van der Waals surface area contributed by atoms with Crippen LogP contribution in [0.25, 0.3) is 11.1 Å². The van der Waals surface area contributed by atoms with Gasteiger partial charge in [-0.1, -0.05) is 24.3 Å². The summed E-state index contributed by atoms with van der Waals surface area (Å²) in [6, 6.07) is 16.6. The molecule has 0 saturated heterocycles. The molecule has 0 aromatic heterocycles. The minimum Gasteiger partial charge on any atom is -0.755 e. The first-order valence-corrected chi connectivity index (χ1v) is 9.27. The van der Waals surface area contributed by atoms with Crippen LogP contribution in [0.15, 0.2) is 66.7 Å². The van der Waals surface area contributed by atoms with Gasteiger partial charge in [-0.2, -0.15) is 0 Å². The predicted octanol–water partition coefficient (Wildman–Crippen LogP) is 2.79. The summed E-state index contributed by atoms with van der Waals surface area (Å²) >= 11 is -2.74. The van der Waals surface area contributed by atoms with Gasteiger partial charge in [0, 0.05) is 11.6 Å². The van der Waals surface area contributed by atoms with Crippen LogP contribution in [0.5, 0.6) is 5.75 Å². The van der Waals surface area contributed by atoms with Crippen LogP contribution in [0.4, 0.5) is 11.4 Å². The third-order valence-corrected chi connectivity index (χ3v) is 4.90. The summed E-state index contributed by atoms with van der Waals surface area (Å²) in [4.78, 5) is 22.3. The average molecular weight is 411 g/mol. The number of primary amides is 1. The molecule has 3 aromatic rings. The molecule has 4 N–H and O–H groups in total. The fourth-order valence-corrected chi connectivity index (χ4v) is 3.36. The fourth-order valence-electron chi connectivity index (χ4n) is 2.79. The summed E-state index contributed by atoms with van der Waals surface area (Å²) in [7, 11) is 0. The topological polar surface area (TPSA) is 144 Å². The first kappa shape index (κ1) is 20.1. The van der Waals surface area contributed by atoms with E-state index >= 15 is 0 Å². The minimum absolute atomic E-state index is 0.0714. The van der Waals surface area contributed by atoms with Crippen LogP contribution in [0, 0.1) is 0 Å². The molecule has 0 fully saturated rings. The Morgan fingerprint density at radius 2 is 1.59 bits per heavy atom. The maximum absolute atomic E-state index is 11.9. The van der Waals surface area contributed by atoms with E-state index in [1.807, 2.05) is 0 Å². The van der Waals surface area contributed by atoms with E-state index in [-0.39, 0.29) is 16.9 Å². The molecular weight excluding hydrogens is 396 g/mol. The Labute approximate surface area is 168 Å². The van der Waals surface area contributed by atoms with E-state index in [1.165, 1.54) is 6.07 Å². The molecule has 9 heteroatoms. The first-order valence-electron chi connectivity index (χ1n) is 8.24. The van der Waals surface area contributed by atoms with E-state index in [4.69, 9.17) is 10.8 Å². The Balaban J connectivity index is 2.02. The normalized spacial score (nSPS) is 11.6. The van der Waals surface area contributed by atoms with Crippen LogP contribution < -0.4 is 10.0 Å². The molecule has 0 aliphatic carbocycles. The van der Waals surface area contributed by atoms with Crippen LogP contribution in [0.1, 0.15) is 20.7 Å². The second-order valence-corrected chi connectivity index (χ2v) is 6.81. The van der Waals surface area contributed by atoms with E-state index < -0.39 is 28.9 Å². The summed E-state index contributed by atoms with van der Waals surface area (Å²) in [6.07, 6.45) is 0. The molecule has 0 bridgehead atoms. The lowest BCUT2D eigenvalue weighted by Gasteiger charge is -2.27. The number of carboxylic acid groups (broad SMARTS) is 1. The molecule has 0 aliphatic rings. The molecule has 29 heavy (non-hydrogen) atoms. The maximum atomic E-state index is 11.9. The Hall–Kier alpha value is -3.69. The zero-order valence-corrected chi connectivity index (χ0v) is 15.6. The number of hydrogen-bond acceptors (Lipinski definition) is 5. The van der Waals surface area contributed by atoms with Crippen molar-refractivity contribution < 1.29 is 28.6 Å². The lowest BCUT2D eigenvalue weighted by atomic mass is 10.0. The van der Waals surface area contributed by atoms with Gasteiger partial charge >= 0.3 is 5.97 Å². The van der Waals surface area contributed by atoms with Crippen molar-refractivity contribution >= 4 is 34.5 Å². The van der Waals surface area contributed by atoms with Gasteiger partial charge in [-0.25, -0.2) is 4.79 Å². The zero-order chi connectivity index (χ0) is 21.1. The summed E-state index contributed by atoms with van der Waals surface area (Å²) < 4.78 is 24.7. The van der Waals surface area contributed by atoms with Gasteiger partial charge in [0.1, 0.15) is 11.3 Å². The van der Waals surface area contributed by atoms with Crippen molar-refractivity contribution in [3.63, 3.8) is 0 Å². The van der Waals surface area contributed by atoms with Crippen molar-refractivity contribution in [1.29, 1.82) is 0 Å². The van der Waals surface area contributed by atoms with Gasteiger partial charge in [-0.05, 0) is 47.5 Å². The molecule has 3 aromatic carbocycles. The third-order valence-electron chi connectivity index (χ3n) is 4.18. The number of anilines is 2. The van der Waals surface area contributed by atoms with Crippen LogP contribution in [-0.2, 0) is 11.3 Å². The van der Waals surface area contributed by atoms with E-state index in [2.05, 4.69) is 0 Å². The lowest BCUT2D eigenvalue weighted by Crippen LogP contribution is -2.19. The number of hydrogen-bond donors (Lipinski definition) is 3. The second kappa shape index (κ2) is 8.13. The number of aromatic carboxylic acids is 1. The van der Waals surface area contributed by atoms with Crippen molar-refractivity contribution in [2.24, 2.45) is 5.73 Å². The number of carboxylic acids is 1. The van der Waals surface area contributed by atoms with Gasteiger partial charge in [0.25, 0.3) is 0 Å². The number of amides is 1. The Morgan fingerprint density at radius 1 is 0.931 bits per heavy atom. The molecule has 148 valence electrons. The van der Waals surface area contributed by atoms with E-state index in [9.17, 15) is 23.5 Å². The van der Waals surface area contributed by atoms with Gasteiger partial charge in [0.2, 0.25) is 5.91 Å². The summed E-state index contributed by atoms with van der Waals surface area (Å²) in [5, 5.41) is 18.9. The molecule has 0 radical (unpaired) electrons. The number of carbonyl (C=O) groups is 2. The highest BCUT2D eigenvalue weighted by Crippen LogP contribution is 2.33. The third kappa shape index (κ3) is 4.26. The van der Waals surface area contributed by atoms with Crippen molar-refractivity contribution in [2.45, 2.75) is 0 Å². The van der Waals surface area contributed by atoms with Gasteiger partial charge in [0.15, 0.2) is 0 Å². The summed E-state index contributed by atoms with van der Waals surface area (Å²) in [6.45, 7) is 0. The number of benzene rings is 3. The van der Waals surface area contributed by atoms with Crippen molar-refractivity contribution in [2.75, 3.05) is 4.31 Å². The van der Waals surface area contributed by atoms with E-state index in [0.29, 0.717) is 11.1 Å². The number of nitrogens with two attached hydrogens (primary N) is 1. The number of carbonyl (C=O) groups excluding carboxylic acids is 1. The molecule has 0 heterocycles. The van der Waals surface area contributed by atoms with Gasteiger partial charge in [0.05, 0.1) is 22.6 Å². The molecule has 0 saturated carbocycles.